The second kappa shape index (κ2) is 4.86. The van der Waals surface area contributed by atoms with Crippen LogP contribution in [0.25, 0.3) is 0 Å². The molecule has 0 bridgehead atoms. The van der Waals surface area contributed by atoms with Crippen molar-refractivity contribution in [2.75, 3.05) is 43.9 Å². The van der Waals surface area contributed by atoms with Gasteiger partial charge in [-0.15, -0.1) is 0 Å². The third-order valence-corrected chi connectivity index (χ3v) is 3.51. The number of nitrogen functional groups attached to an aromatic ring is 1. The lowest BCUT2D eigenvalue weighted by atomic mass is 10.1. The van der Waals surface area contributed by atoms with Crippen molar-refractivity contribution in [1.82, 2.24) is 4.90 Å². The molecule has 0 saturated carbocycles. The van der Waals surface area contributed by atoms with Crippen LogP contribution in [0.1, 0.15) is 15.9 Å². The van der Waals surface area contributed by atoms with Gasteiger partial charge in [0.05, 0.1) is 5.56 Å². The fourth-order valence-electron chi connectivity index (χ4n) is 2.23. The molecule has 1 heterocycles. The molecule has 1 aromatic carbocycles. The molecule has 98 valence electrons. The molecule has 1 fully saturated rings. The van der Waals surface area contributed by atoms with Crippen LogP contribution >= 0.6 is 0 Å². The van der Waals surface area contributed by atoms with Crippen LogP contribution in [0.4, 0.5) is 11.4 Å². The maximum absolute atomic E-state index is 11.4. The van der Waals surface area contributed by atoms with Crippen molar-refractivity contribution in [2.24, 2.45) is 5.73 Å². The fourth-order valence-corrected chi connectivity index (χ4v) is 2.23. The van der Waals surface area contributed by atoms with E-state index >= 15 is 0 Å². The van der Waals surface area contributed by atoms with Crippen LogP contribution in [0, 0.1) is 6.92 Å². The zero-order valence-corrected chi connectivity index (χ0v) is 10.9. The molecule has 2 rings (SSSR count). The summed E-state index contributed by atoms with van der Waals surface area (Å²) in [6.07, 6.45) is 0. The van der Waals surface area contributed by atoms with E-state index in [1.54, 1.807) is 6.07 Å². The van der Waals surface area contributed by atoms with Gasteiger partial charge in [-0.1, -0.05) is 0 Å². The molecule has 1 saturated heterocycles. The Morgan fingerprint density at radius 1 is 1.22 bits per heavy atom. The van der Waals surface area contributed by atoms with Crippen molar-refractivity contribution in [3.8, 4) is 0 Å². The number of benzene rings is 1. The number of hydrogen-bond donors (Lipinski definition) is 2. The molecular weight excluding hydrogens is 228 g/mol. The second-order valence-electron chi connectivity index (χ2n) is 4.88. The van der Waals surface area contributed by atoms with Crippen molar-refractivity contribution in [3.05, 3.63) is 23.3 Å². The largest absolute Gasteiger partial charge is 0.398 e. The van der Waals surface area contributed by atoms with Crippen molar-refractivity contribution < 1.29 is 4.79 Å². The smallest absolute Gasteiger partial charge is 0.250 e. The highest BCUT2D eigenvalue weighted by molar-refractivity contribution is 5.99. The predicted molar refractivity (Wildman–Crippen MR) is 73.8 cm³/mol. The van der Waals surface area contributed by atoms with E-state index in [0.29, 0.717) is 11.3 Å². The highest BCUT2D eigenvalue weighted by atomic mass is 16.1. The van der Waals surface area contributed by atoms with Crippen LogP contribution in [0.15, 0.2) is 12.1 Å². The molecule has 0 aliphatic carbocycles. The Hall–Kier alpha value is -1.75. The number of anilines is 2. The van der Waals surface area contributed by atoms with Gasteiger partial charge in [-0.3, -0.25) is 4.79 Å². The van der Waals surface area contributed by atoms with E-state index in [2.05, 4.69) is 16.8 Å². The van der Waals surface area contributed by atoms with Gasteiger partial charge in [0.2, 0.25) is 0 Å². The number of piperazine rings is 1. The molecule has 1 aliphatic heterocycles. The summed E-state index contributed by atoms with van der Waals surface area (Å²) in [7, 11) is 2.11. The SMILES string of the molecule is Cc1cc(N2CCN(C)CC2)cc(C(N)=O)c1N. The highest BCUT2D eigenvalue weighted by Crippen LogP contribution is 2.25. The van der Waals surface area contributed by atoms with Crippen LogP contribution in [-0.4, -0.2) is 44.0 Å². The average molecular weight is 248 g/mol. The predicted octanol–water partition coefficient (Wildman–Crippen LogP) is 0.428. The molecule has 0 unspecified atom stereocenters. The van der Waals surface area contributed by atoms with Gasteiger partial charge in [0.1, 0.15) is 0 Å². The topological polar surface area (TPSA) is 75.6 Å². The first kappa shape index (κ1) is 12.7. The molecule has 0 aromatic heterocycles. The summed E-state index contributed by atoms with van der Waals surface area (Å²) in [5, 5.41) is 0. The summed E-state index contributed by atoms with van der Waals surface area (Å²) < 4.78 is 0. The lowest BCUT2D eigenvalue weighted by molar-refractivity contribution is 0.100. The zero-order chi connectivity index (χ0) is 13.3. The Kier molecular flexibility index (Phi) is 3.43. The lowest BCUT2D eigenvalue weighted by Crippen LogP contribution is -2.44. The van der Waals surface area contributed by atoms with Gasteiger partial charge in [-0.2, -0.15) is 0 Å². The van der Waals surface area contributed by atoms with Gasteiger partial charge < -0.3 is 21.3 Å². The number of nitrogens with zero attached hydrogens (tertiary/aromatic N) is 2. The first-order valence-electron chi connectivity index (χ1n) is 6.12. The normalized spacial score (nSPS) is 16.9. The zero-order valence-electron chi connectivity index (χ0n) is 10.9. The van der Waals surface area contributed by atoms with E-state index in [0.717, 1.165) is 37.4 Å². The van der Waals surface area contributed by atoms with Crippen LogP contribution in [0.3, 0.4) is 0 Å². The Balaban J connectivity index is 2.31. The van der Waals surface area contributed by atoms with Gasteiger partial charge in [0.15, 0.2) is 0 Å². The molecule has 1 amide bonds. The number of carbonyl (C=O) groups is 1. The minimum Gasteiger partial charge on any atom is -0.398 e. The highest BCUT2D eigenvalue weighted by Gasteiger charge is 2.17. The third kappa shape index (κ3) is 2.41. The maximum atomic E-state index is 11.4. The average Bonchev–Trinajstić information content (AvgIpc) is 2.33. The number of rotatable bonds is 2. The number of hydrogen-bond acceptors (Lipinski definition) is 4. The van der Waals surface area contributed by atoms with Gasteiger partial charge in [-0.05, 0) is 31.7 Å². The summed E-state index contributed by atoms with van der Waals surface area (Å²) in [5.41, 5.74) is 14.1. The van der Waals surface area contributed by atoms with Crippen LogP contribution in [0.5, 0.6) is 0 Å². The maximum Gasteiger partial charge on any atom is 0.250 e. The van der Waals surface area contributed by atoms with E-state index in [4.69, 9.17) is 11.5 Å². The molecule has 5 heteroatoms. The number of amides is 1. The van der Waals surface area contributed by atoms with Crippen molar-refractivity contribution in [2.45, 2.75) is 6.92 Å². The molecule has 0 radical (unpaired) electrons. The van der Waals surface area contributed by atoms with Gasteiger partial charge in [0.25, 0.3) is 5.91 Å². The van der Waals surface area contributed by atoms with Crippen LogP contribution in [-0.2, 0) is 0 Å². The summed E-state index contributed by atoms with van der Waals surface area (Å²) in [6, 6.07) is 3.82. The number of nitrogens with two attached hydrogens (primary N) is 2. The van der Waals surface area contributed by atoms with Gasteiger partial charge in [-0.25, -0.2) is 0 Å². The van der Waals surface area contributed by atoms with E-state index < -0.39 is 5.91 Å². The van der Waals surface area contributed by atoms with E-state index in [1.165, 1.54) is 0 Å². The fraction of sp³-hybridized carbons (Fsp3) is 0.462. The molecule has 1 aromatic rings. The van der Waals surface area contributed by atoms with Crippen molar-refractivity contribution in [3.63, 3.8) is 0 Å². The van der Waals surface area contributed by atoms with Crippen LogP contribution < -0.4 is 16.4 Å². The second-order valence-corrected chi connectivity index (χ2v) is 4.88. The molecule has 4 N–H and O–H groups in total. The Morgan fingerprint density at radius 3 is 2.39 bits per heavy atom. The summed E-state index contributed by atoms with van der Waals surface area (Å²) >= 11 is 0. The number of primary amides is 1. The first-order chi connectivity index (χ1) is 8.49. The minimum absolute atomic E-state index is 0.420. The first-order valence-corrected chi connectivity index (χ1v) is 6.12. The number of carbonyl (C=O) groups excluding carboxylic acids is 1. The Morgan fingerprint density at radius 2 is 1.83 bits per heavy atom. The van der Waals surface area contributed by atoms with Gasteiger partial charge in [0, 0.05) is 37.6 Å². The third-order valence-electron chi connectivity index (χ3n) is 3.51. The standard InChI is InChI=1S/C13H20N4O/c1-9-7-10(8-11(12(9)14)13(15)18)17-5-3-16(2)4-6-17/h7-8H,3-6,14H2,1-2H3,(H2,15,18). The Bertz CT molecular complexity index is 464. The number of likely N-dealkylation sites (N-methyl/N-ethyl adjacent to an activating group) is 1. The molecular formula is C13H20N4O. The Labute approximate surface area is 107 Å². The number of aryl methyl sites for hydroxylation is 1. The van der Waals surface area contributed by atoms with Gasteiger partial charge >= 0.3 is 0 Å². The monoisotopic (exact) mass is 248 g/mol. The van der Waals surface area contributed by atoms with E-state index in [-0.39, 0.29) is 0 Å². The van der Waals surface area contributed by atoms with E-state index in [9.17, 15) is 4.79 Å². The summed E-state index contributed by atoms with van der Waals surface area (Å²) in [4.78, 5) is 15.9. The quantitative estimate of drug-likeness (QED) is 0.744. The van der Waals surface area contributed by atoms with Crippen LogP contribution in [0.2, 0.25) is 0 Å². The van der Waals surface area contributed by atoms with Crippen molar-refractivity contribution >= 4 is 17.3 Å². The van der Waals surface area contributed by atoms with E-state index in [1.807, 2.05) is 13.0 Å². The molecule has 0 spiro atoms. The minimum atomic E-state index is -0.466. The molecule has 0 atom stereocenters. The molecule has 1 aliphatic rings. The summed E-state index contributed by atoms with van der Waals surface area (Å²) in [5.74, 6) is -0.466. The summed E-state index contributed by atoms with van der Waals surface area (Å²) in [6.45, 7) is 5.86. The molecule has 5 nitrogen and oxygen atoms in total. The lowest BCUT2D eigenvalue weighted by Gasteiger charge is -2.34. The molecule has 18 heavy (non-hydrogen) atoms. The van der Waals surface area contributed by atoms with Crippen molar-refractivity contribution in [1.29, 1.82) is 0 Å².